The van der Waals surface area contributed by atoms with Crippen molar-refractivity contribution >= 4 is 34.6 Å². The fraction of sp³-hybridized carbons (Fsp3) is 0.435. The number of hydrogen-bond donors (Lipinski definition) is 1. The van der Waals surface area contributed by atoms with E-state index in [2.05, 4.69) is 9.97 Å². The average Bonchev–Trinajstić information content (AvgIpc) is 3.05. The Balaban J connectivity index is 1.68. The minimum absolute atomic E-state index is 0.0272. The summed E-state index contributed by atoms with van der Waals surface area (Å²) in [6.45, 7) is 2.47. The molecular weight excluding hydrogens is 481 g/mol. The number of aromatic nitrogens is 2. The van der Waals surface area contributed by atoms with Crippen LogP contribution in [0, 0.1) is 11.3 Å². The Morgan fingerprint density at radius 2 is 2.00 bits per heavy atom. The van der Waals surface area contributed by atoms with Gasteiger partial charge in [0.2, 0.25) is 5.88 Å². The summed E-state index contributed by atoms with van der Waals surface area (Å²) in [5.74, 6) is -0.0289. The van der Waals surface area contributed by atoms with Gasteiger partial charge in [0.25, 0.3) is 5.91 Å². The maximum absolute atomic E-state index is 13.5. The number of carbonyl (C=O) groups excluding carboxylic acids is 1. The molecule has 1 saturated carbocycles. The Morgan fingerprint density at radius 3 is 2.51 bits per heavy atom. The van der Waals surface area contributed by atoms with Gasteiger partial charge in [-0.3, -0.25) is 9.69 Å². The topological polar surface area (TPSA) is 108 Å². The SMILES string of the molecule is CCC(CCN)Oc1ccc(N2C(=S)N(c3cnc(C#N)c(C(F)(F)F)c3)C(=O)C23CCC3)cn1. The second-order valence-electron chi connectivity index (χ2n) is 8.42. The molecule has 184 valence electrons. The number of rotatable bonds is 7. The summed E-state index contributed by atoms with van der Waals surface area (Å²) in [6.07, 6.45) is 0.903. The third kappa shape index (κ3) is 4.30. The lowest BCUT2D eigenvalue weighted by atomic mass is 9.75. The maximum Gasteiger partial charge on any atom is 0.419 e. The highest BCUT2D eigenvalue weighted by atomic mass is 32.1. The number of carbonyl (C=O) groups is 1. The van der Waals surface area contributed by atoms with Crippen molar-refractivity contribution in [3.63, 3.8) is 0 Å². The summed E-state index contributed by atoms with van der Waals surface area (Å²) in [5, 5.41) is 9.06. The molecule has 1 aliphatic carbocycles. The molecule has 1 atom stereocenters. The number of nitriles is 1. The third-order valence-electron chi connectivity index (χ3n) is 6.35. The first-order chi connectivity index (χ1) is 16.7. The molecule has 2 N–H and O–H groups in total. The van der Waals surface area contributed by atoms with Crippen LogP contribution in [0.4, 0.5) is 24.5 Å². The van der Waals surface area contributed by atoms with Crippen LogP contribution < -0.4 is 20.3 Å². The van der Waals surface area contributed by atoms with Crippen LogP contribution in [-0.2, 0) is 11.0 Å². The van der Waals surface area contributed by atoms with Gasteiger partial charge < -0.3 is 15.4 Å². The lowest BCUT2D eigenvalue weighted by molar-refractivity contribution is -0.138. The first-order valence-corrected chi connectivity index (χ1v) is 11.6. The van der Waals surface area contributed by atoms with Crippen LogP contribution >= 0.6 is 12.2 Å². The Morgan fingerprint density at radius 1 is 1.29 bits per heavy atom. The van der Waals surface area contributed by atoms with Gasteiger partial charge in [0, 0.05) is 6.07 Å². The van der Waals surface area contributed by atoms with Crippen LogP contribution in [-0.4, -0.2) is 39.2 Å². The summed E-state index contributed by atoms with van der Waals surface area (Å²) >= 11 is 5.59. The zero-order valence-electron chi connectivity index (χ0n) is 18.9. The van der Waals surface area contributed by atoms with E-state index in [1.165, 1.54) is 12.3 Å². The number of pyridine rings is 2. The quantitative estimate of drug-likeness (QED) is 0.565. The fourth-order valence-electron chi connectivity index (χ4n) is 4.37. The lowest BCUT2D eigenvalue weighted by Gasteiger charge is -2.42. The zero-order chi connectivity index (χ0) is 25.4. The van der Waals surface area contributed by atoms with Crippen molar-refractivity contribution in [3.8, 4) is 11.9 Å². The minimum Gasteiger partial charge on any atom is -0.474 e. The molecule has 4 rings (SSSR count). The molecule has 8 nitrogen and oxygen atoms in total. The number of alkyl halides is 3. The highest BCUT2D eigenvalue weighted by molar-refractivity contribution is 7.81. The van der Waals surface area contributed by atoms with Gasteiger partial charge in [-0.2, -0.15) is 18.4 Å². The molecule has 1 spiro atoms. The Kier molecular flexibility index (Phi) is 6.66. The predicted molar refractivity (Wildman–Crippen MR) is 126 cm³/mol. The normalized spacial score (nSPS) is 17.9. The smallest absolute Gasteiger partial charge is 0.419 e. The number of thiocarbonyl (C=S) groups is 1. The van der Waals surface area contributed by atoms with E-state index in [0.29, 0.717) is 37.4 Å². The van der Waals surface area contributed by atoms with Crippen molar-refractivity contribution in [1.29, 1.82) is 5.26 Å². The van der Waals surface area contributed by atoms with E-state index in [1.54, 1.807) is 17.0 Å². The van der Waals surface area contributed by atoms with E-state index in [4.69, 9.17) is 28.0 Å². The molecule has 35 heavy (non-hydrogen) atoms. The highest BCUT2D eigenvalue weighted by Crippen LogP contribution is 2.48. The first-order valence-electron chi connectivity index (χ1n) is 11.1. The van der Waals surface area contributed by atoms with Gasteiger partial charge in [-0.25, -0.2) is 9.97 Å². The number of hydrogen-bond acceptors (Lipinski definition) is 7. The second kappa shape index (κ2) is 9.39. The van der Waals surface area contributed by atoms with E-state index in [0.717, 1.165) is 30.0 Å². The van der Waals surface area contributed by atoms with Gasteiger partial charge >= 0.3 is 6.18 Å². The van der Waals surface area contributed by atoms with Crippen LogP contribution in [0.15, 0.2) is 30.6 Å². The summed E-state index contributed by atoms with van der Waals surface area (Å²) in [7, 11) is 0. The summed E-state index contributed by atoms with van der Waals surface area (Å²) in [6, 6.07) is 5.57. The number of halogens is 3. The second-order valence-corrected chi connectivity index (χ2v) is 8.79. The van der Waals surface area contributed by atoms with Crippen molar-refractivity contribution in [2.75, 3.05) is 16.3 Å². The number of ether oxygens (including phenoxy) is 1. The van der Waals surface area contributed by atoms with Crippen LogP contribution in [0.25, 0.3) is 0 Å². The zero-order valence-corrected chi connectivity index (χ0v) is 19.7. The van der Waals surface area contributed by atoms with Crippen LogP contribution in [0.3, 0.4) is 0 Å². The molecule has 1 aliphatic heterocycles. The van der Waals surface area contributed by atoms with Crippen molar-refractivity contribution in [2.45, 2.75) is 56.8 Å². The largest absolute Gasteiger partial charge is 0.474 e. The average molecular weight is 505 g/mol. The monoisotopic (exact) mass is 504 g/mol. The Labute approximate surface area is 205 Å². The maximum atomic E-state index is 13.5. The summed E-state index contributed by atoms with van der Waals surface area (Å²) in [4.78, 5) is 24.2. The summed E-state index contributed by atoms with van der Waals surface area (Å²) in [5.41, 5.74) is 3.01. The molecule has 1 unspecified atom stereocenters. The molecule has 2 aromatic rings. The predicted octanol–water partition coefficient (Wildman–Crippen LogP) is 3.93. The minimum atomic E-state index is -4.81. The number of anilines is 2. The number of nitrogens with two attached hydrogens (primary N) is 1. The molecule has 2 aliphatic rings. The van der Waals surface area contributed by atoms with Crippen LogP contribution in [0.5, 0.6) is 5.88 Å². The first kappa shape index (κ1) is 24.8. The number of amides is 1. The van der Waals surface area contributed by atoms with E-state index in [-0.39, 0.29) is 16.9 Å². The molecule has 1 amide bonds. The molecule has 1 saturated heterocycles. The number of nitrogens with zero attached hydrogens (tertiary/aromatic N) is 5. The molecule has 2 fully saturated rings. The Hall–Kier alpha value is -3.30. The van der Waals surface area contributed by atoms with Crippen LogP contribution in [0.2, 0.25) is 0 Å². The molecule has 12 heteroatoms. The van der Waals surface area contributed by atoms with Gasteiger partial charge in [-0.1, -0.05) is 6.92 Å². The fourth-order valence-corrected chi connectivity index (χ4v) is 4.84. The Bertz CT molecular complexity index is 1180. The molecule has 0 bridgehead atoms. The van der Waals surface area contributed by atoms with Gasteiger partial charge in [0.15, 0.2) is 10.8 Å². The summed E-state index contributed by atoms with van der Waals surface area (Å²) < 4.78 is 46.4. The molecule has 0 aromatic carbocycles. The van der Waals surface area contributed by atoms with Crippen molar-refractivity contribution in [2.24, 2.45) is 5.73 Å². The molecule has 2 aromatic heterocycles. The van der Waals surface area contributed by atoms with E-state index < -0.39 is 28.9 Å². The van der Waals surface area contributed by atoms with Crippen molar-refractivity contribution < 1.29 is 22.7 Å². The van der Waals surface area contributed by atoms with E-state index in [9.17, 15) is 18.0 Å². The van der Waals surface area contributed by atoms with Crippen molar-refractivity contribution in [3.05, 3.63) is 41.9 Å². The van der Waals surface area contributed by atoms with Gasteiger partial charge in [0.05, 0.1) is 29.3 Å². The molecule has 3 heterocycles. The lowest BCUT2D eigenvalue weighted by Crippen LogP contribution is -2.55. The van der Waals surface area contributed by atoms with E-state index in [1.807, 2.05) is 6.92 Å². The molecular formula is C23H23F3N6O2S. The van der Waals surface area contributed by atoms with Gasteiger partial charge in [0.1, 0.15) is 17.7 Å². The standard InChI is InChI=1S/C23H23F3N6O2S/c1-2-16(6-9-27)34-19-5-4-14(12-30-19)32-21(35)31(20(33)22(32)7-3-8-22)15-10-17(23(24,25)26)18(11-28)29-13-15/h4-5,10,12-13,16H,2-3,6-9,27H2,1H3. The van der Waals surface area contributed by atoms with Gasteiger partial charge in [-0.15, -0.1) is 0 Å². The van der Waals surface area contributed by atoms with Gasteiger partial charge in [-0.05, 0) is 63.0 Å². The van der Waals surface area contributed by atoms with Crippen molar-refractivity contribution in [1.82, 2.24) is 9.97 Å². The molecule has 0 radical (unpaired) electrons. The van der Waals surface area contributed by atoms with E-state index >= 15 is 0 Å². The third-order valence-corrected chi connectivity index (χ3v) is 6.71. The highest BCUT2D eigenvalue weighted by Gasteiger charge is 2.59. The van der Waals surface area contributed by atoms with Crippen LogP contribution in [0.1, 0.15) is 50.3 Å².